The van der Waals surface area contributed by atoms with E-state index in [1.54, 1.807) is 38.1 Å². The summed E-state index contributed by atoms with van der Waals surface area (Å²) >= 11 is 0. The molecule has 0 atom stereocenters. The van der Waals surface area contributed by atoms with Crippen LogP contribution >= 0.6 is 0 Å². The highest BCUT2D eigenvalue weighted by Crippen LogP contribution is 2.10. The van der Waals surface area contributed by atoms with Gasteiger partial charge >= 0.3 is 0 Å². The van der Waals surface area contributed by atoms with Crippen molar-refractivity contribution in [2.45, 2.75) is 19.6 Å². The number of hydrogen-bond donors (Lipinski definition) is 1. The Morgan fingerprint density at radius 1 is 1.21 bits per heavy atom. The van der Waals surface area contributed by atoms with Crippen molar-refractivity contribution in [2.24, 2.45) is 0 Å². The molecule has 106 valence electrons. The molecular formula is C13H20N2O3S. The molecule has 1 aromatic carbocycles. The summed E-state index contributed by atoms with van der Waals surface area (Å²) in [5.74, 6) is -0.359. The zero-order chi connectivity index (χ0) is 14.3. The van der Waals surface area contributed by atoms with Crippen LogP contribution in [0.15, 0.2) is 30.3 Å². The van der Waals surface area contributed by atoms with E-state index in [1.165, 1.54) is 4.31 Å². The number of nitrogens with zero attached hydrogens (tertiary/aromatic N) is 1. The van der Waals surface area contributed by atoms with E-state index < -0.39 is 10.0 Å². The van der Waals surface area contributed by atoms with Gasteiger partial charge in [-0.15, -0.1) is 0 Å². The zero-order valence-corrected chi connectivity index (χ0v) is 12.1. The van der Waals surface area contributed by atoms with Crippen molar-refractivity contribution in [1.29, 1.82) is 0 Å². The Bertz CT molecular complexity index is 500. The minimum Gasteiger partial charge on any atom is -0.355 e. The van der Waals surface area contributed by atoms with Crippen LogP contribution < -0.4 is 5.32 Å². The number of carbonyl (C=O) groups is 1. The van der Waals surface area contributed by atoms with E-state index in [9.17, 15) is 13.2 Å². The van der Waals surface area contributed by atoms with Crippen LogP contribution in [0.3, 0.4) is 0 Å². The smallest absolute Gasteiger partial charge is 0.235 e. The molecular weight excluding hydrogens is 264 g/mol. The van der Waals surface area contributed by atoms with Crippen molar-refractivity contribution >= 4 is 15.9 Å². The van der Waals surface area contributed by atoms with Crippen LogP contribution in [0.25, 0.3) is 0 Å². The Kier molecular flexibility index (Phi) is 5.98. The molecule has 0 saturated heterocycles. The van der Waals surface area contributed by atoms with Gasteiger partial charge in [0.25, 0.3) is 0 Å². The predicted octanol–water partition coefficient (Wildman–Crippen LogP) is 0.974. The average molecular weight is 284 g/mol. The lowest BCUT2D eigenvalue weighted by atomic mass is 10.2. The van der Waals surface area contributed by atoms with Gasteiger partial charge in [-0.05, 0) is 12.5 Å². The Morgan fingerprint density at radius 2 is 1.84 bits per heavy atom. The van der Waals surface area contributed by atoms with Gasteiger partial charge in [-0.3, -0.25) is 4.79 Å². The molecule has 0 spiro atoms. The van der Waals surface area contributed by atoms with Crippen LogP contribution in [-0.4, -0.2) is 38.3 Å². The van der Waals surface area contributed by atoms with Crippen LogP contribution in [-0.2, 0) is 20.6 Å². The van der Waals surface area contributed by atoms with Crippen LogP contribution in [0, 0.1) is 0 Å². The Hall–Kier alpha value is -1.40. The summed E-state index contributed by atoms with van der Waals surface area (Å²) in [4.78, 5) is 11.5. The third kappa shape index (κ3) is 5.00. The molecule has 0 bridgehead atoms. The molecule has 0 aliphatic carbocycles. The molecule has 0 aromatic heterocycles. The highest BCUT2D eigenvalue weighted by Gasteiger charge is 2.23. The molecule has 1 aromatic rings. The van der Waals surface area contributed by atoms with E-state index in [0.717, 1.165) is 5.56 Å². The predicted molar refractivity (Wildman–Crippen MR) is 75.0 cm³/mol. The number of nitrogens with one attached hydrogen (secondary N) is 1. The van der Waals surface area contributed by atoms with Gasteiger partial charge in [0.2, 0.25) is 15.9 Å². The number of carbonyl (C=O) groups excluding carboxylic acids is 1. The number of hydrogen-bond acceptors (Lipinski definition) is 3. The van der Waals surface area contributed by atoms with E-state index in [2.05, 4.69) is 5.32 Å². The molecule has 0 saturated carbocycles. The topological polar surface area (TPSA) is 66.5 Å². The largest absolute Gasteiger partial charge is 0.355 e. The van der Waals surface area contributed by atoms with Crippen LogP contribution in [0.5, 0.6) is 0 Å². The van der Waals surface area contributed by atoms with Crippen molar-refractivity contribution < 1.29 is 13.2 Å². The maximum Gasteiger partial charge on any atom is 0.235 e. The lowest BCUT2D eigenvalue weighted by Crippen LogP contribution is -2.41. The van der Waals surface area contributed by atoms with E-state index in [0.29, 0.717) is 6.54 Å². The summed E-state index contributed by atoms with van der Waals surface area (Å²) in [6, 6.07) is 8.95. The van der Waals surface area contributed by atoms with Gasteiger partial charge in [0.1, 0.15) is 0 Å². The molecule has 0 radical (unpaired) electrons. The maximum absolute atomic E-state index is 12.2. The van der Waals surface area contributed by atoms with Crippen LogP contribution in [0.2, 0.25) is 0 Å². The fourth-order valence-corrected chi connectivity index (χ4v) is 3.20. The summed E-state index contributed by atoms with van der Waals surface area (Å²) < 4.78 is 25.6. The van der Waals surface area contributed by atoms with Crippen LogP contribution in [0.4, 0.5) is 0 Å². The van der Waals surface area contributed by atoms with E-state index >= 15 is 0 Å². The lowest BCUT2D eigenvalue weighted by Gasteiger charge is -2.19. The third-order valence-electron chi connectivity index (χ3n) is 2.63. The fourth-order valence-electron chi connectivity index (χ4n) is 1.70. The fraction of sp³-hybridized carbons (Fsp3) is 0.462. The molecule has 1 amide bonds. The highest BCUT2D eigenvalue weighted by molar-refractivity contribution is 7.88. The first-order valence-corrected chi connectivity index (χ1v) is 7.89. The summed E-state index contributed by atoms with van der Waals surface area (Å²) in [6.07, 6.45) is 0. The summed E-state index contributed by atoms with van der Waals surface area (Å²) in [5.41, 5.74) is 0.719. The maximum atomic E-state index is 12.2. The van der Waals surface area contributed by atoms with Gasteiger partial charge in [-0.25, -0.2) is 8.42 Å². The van der Waals surface area contributed by atoms with Gasteiger partial charge < -0.3 is 5.32 Å². The van der Waals surface area contributed by atoms with E-state index in [1.807, 2.05) is 6.07 Å². The van der Waals surface area contributed by atoms with Crippen molar-refractivity contribution in [3.8, 4) is 0 Å². The Labute approximate surface area is 114 Å². The first-order valence-electron chi connectivity index (χ1n) is 6.28. The third-order valence-corrected chi connectivity index (χ3v) is 4.50. The zero-order valence-electron chi connectivity index (χ0n) is 11.3. The number of amides is 1. The first-order chi connectivity index (χ1) is 8.99. The Morgan fingerprint density at radius 3 is 2.37 bits per heavy atom. The van der Waals surface area contributed by atoms with Crippen molar-refractivity contribution in [3.63, 3.8) is 0 Å². The van der Waals surface area contributed by atoms with Gasteiger partial charge in [0, 0.05) is 13.1 Å². The normalized spacial score (nSPS) is 11.5. The summed E-state index contributed by atoms with van der Waals surface area (Å²) in [6.45, 7) is 4.18. The Balaban J connectivity index is 2.76. The molecule has 1 N–H and O–H groups in total. The molecule has 0 fully saturated rings. The summed E-state index contributed by atoms with van der Waals surface area (Å²) in [5, 5.41) is 2.60. The highest BCUT2D eigenvalue weighted by atomic mass is 32.2. The van der Waals surface area contributed by atoms with Gasteiger partial charge in [-0.1, -0.05) is 37.3 Å². The van der Waals surface area contributed by atoms with Crippen LogP contribution in [0.1, 0.15) is 19.4 Å². The number of rotatable bonds is 7. The van der Waals surface area contributed by atoms with Gasteiger partial charge in [0.05, 0.1) is 12.3 Å². The van der Waals surface area contributed by atoms with Gasteiger partial charge in [-0.2, -0.15) is 4.31 Å². The quantitative estimate of drug-likeness (QED) is 0.811. The number of sulfonamides is 1. The minimum absolute atomic E-state index is 0.0823. The molecule has 0 aliphatic heterocycles. The van der Waals surface area contributed by atoms with E-state index in [-0.39, 0.29) is 24.7 Å². The molecule has 19 heavy (non-hydrogen) atoms. The average Bonchev–Trinajstić information content (AvgIpc) is 2.36. The second kappa shape index (κ2) is 7.25. The van der Waals surface area contributed by atoms with Gasteiger partial charge in [0.15, 0.2) is 0 Å². The molecule has 5 nitrogen and oxygen atoms in total. The van der Waals surface area contributed by atoms with E-state index in [4.69, 9.17) is 0 Å². The second-order valence-electron chi connectivity index (χ2n) is 4.12. The molecule has 0 heterocycles. The second-order valence-corrected chi connectivity index (χ2v) is 6.09. The van der Waals surface area contributed by atoms with Crippen molar-refractivity contribution in [2.75, 3.05) is 19.6 Å². The molecule has 6 heteroatoms. The minimum atomic E-state index is -3.47. The summed E-state index contributed by atoms with van der Waals surface area (Å²) in [7, 11) is -3.47. The number of likely N-dealkylation sites (N-methyl/N-ethyl adjacent to an activating group) is 2. The SMILES string of the molecule is CCNC(=O)CN(CC)S(=O)(=O)Cc1ccccc1. The van der Waals surface area contributed by atoms with Crippen molar-refractivity contribution in [1.82, 2.24) is 9.62 Å². The first kappa shape index (κ1) is 15.7. The lowest BCUT2D eigenvalue weighted by molar-refractivity contribution is -0.121. The van der Waals surface area contributed by atoms with Crippen molar-refractivity contribution in [3.05, 3.63) is 35.9 Å². The number of benzene rings is 1. The standard InChI is InChI=1S/C13H20N2O3S/c1-3-14-13(16)10-15(4-2)19(17,18)11-12-8-6-5-7-9-12/h5-9H,3-4,10-11H2,1-2H3,(H,14,16). The monoisotopic (exact) mass is 284 g/mol. The molecule has 0 unspecified atom stereocenters. The molecule has 0 aliphatic rings. The molecule has 1 rings (SSSR count).